The second kappa shape index (κ2) is 6.45. The zero-order chi connectivity index (χ0) is 13.8. The second-order valence-electron chi connectivity index (χ2n) is 5.42. The maximum absolute atomic E-state index is 9.62. The maximum Gasteiger partial charge on any atom is 0.229 e. The van der Waals surface area contributed by atoms with Gasteiger partial charge in [0.1, 0.15) is 0 Å². The molecule has 108 valence electrons. The van der Waals surface area contributed by atoms with Crippen LogP contribution in [0.15, 0.2) is 4.52 Å². The third kappa shape index (κ3) is 3.75. The molecule has 1 aliphatic heterocycles. The Balaban J connectivity index is 2.07. The van der Waals surface area contributed by atoms with Gasteiger partial charge in [-0.3, -0.25) is 4.90 Å². The summed E-state index contributed by atoms with van der Waals surface area (Å²) in [5.74, 6) is 1.26. The molecule has 0 spiro atoms. The van der Waals surface area contributed by atoms with Crippen LogP contribution in [0.2, 0.25) is 0 Å². The number of aliphatic hydroxyl groups is 1. The Morgan fingerprint density at radius 3 is 2.95 bits per heavy atom. The summed E-state index contributed by atoms with van der Waals surface area (Å²) in [4.78, 5) is 9.01. The molecule has 19 heavy (non-hydrogen) atoms. The second-order valence-corrected chi connectivity index (χ2v) is 5.42. The van der Waals surface area contributed by atoms with Crippen molar-refractivity contribution in [2.75, 3.05) is 33.7 Å². The molecule has 2 atom stereocenters. The first-order valence-electron chi connectivity index (χ1n) is 6.99. The molecule has 1 aromatic heterocycles. The average molecular weight is 268 g/mol. The van der Waals surface area contributed by atoms with Crippen LogP contribution in [0.3, 0.4) is 0 Å². The molecule has 2 heterocycles. The van der Waals surface area contributed by atoms with Crippen LogP contribution in [-0.2, 0) is 6.42 Å². The van der Waals surface area contributed by atoms with Crippen LogP contribution >= 0.6 is 0 Å². The number of rotatable bonds is 4. The molecule has 6 nitrogen and oxygen atoms in total. The van der Waals surface area contributed by atoms with Crippen LogP contribution in [0, 0.1) is 0 Å². The fourth-order valence-electron chi connectivity index (χ4n) is 2.38. The number of likely N-dealkylation sites (N-methyl/N-ethyl adjacent to an activating group) is 2. The van der Waals surface area contributed by atoms with E-state index in [1.807, 2.05) is 6.92 Å². The molecule has 0 aromatic carbocycles. The summed E-state index contributed by atoms with van der Waals surface area (Å²) in [6, 6.07) is 0.170. The van der Waals surface area contributed by atoms with E-state index in [2.05, 4.69) is 34.0 Å². The van der Waals surface area contributed by atoms with E-state index in [0.29, 0.717) is 18.7 Å². The van der Waals surface area contributed by atoms with E-state index in [1.165, 1.54) is 0 Å². The smallest absolute Gasteiger partial charge is 0.229 e. The molecule has 1 N–H and O–H groups in total. The van der Waals surface area contributed by atoms with E-state index in [9.17, 15) is 5.11 Å². The number of aliphatic hydroxyl groups excluding tert-OH is 1. The highest BCUT2D eigenvalue weighted by Gasteiger charge is 2.26. The number of hydrogen-bond donors (Lipinski definition) is 1. The van der Waals surface area contributed by atoms with Crippen LogP contribution in [0.25, 0.3) is 0 Å². The topological polar surface area (TPSA) is 65.6 Å². The lowest BCUT2D eigenvalue weighted by atomic mass is 10.2. The van der Waals surface area contributed by atoms with Crippen molar-refractivity contribution in [2.24, 2.45) is 0 Å². The quantitative estimate of drug-likeness (QED) is 0.867. The fraction of sp³-hybridized carbons (Fsp3) is 0.846. The van der Waals surface area contributed by atoms with Crippen molar-refractivity contribution in [3.05, 3.63) is 11.7 Å². The molecule has 6 heteroatoms. The SMILES string of the molecule is CCC(O)Cc1nc(C2CN(C)CCCN2C)no1. The molecular formula is C13H24N4O2. The van der Waals surface area contributed by atoms with E-state index < -0.39 is 6.10 Å². The standard InChI is InChI=1S/C13H24N4O2/c1-4-10(18)8-12-14-13(15-19-12)11-9-16(2)6-5-7-17(11)3/h10-11,18H,4-9H2,1-3H3. The molecule has 2 unspecified atom stereocenters. The lowest BCUT2D eigenvalue weighted by molar-refractivity contribution is 0.158. The Labute approximate surface area is 114 Å². The van der Waals surface area contributed by atoms with Crippen LogP contribution in [0.1, 0.15) is 37.5 Å². The molecule has 0 bridgehead atoms. The number of nitrogens with zero attached hydrogens (tertiary/aromatic N) is 4. The van der Waals surface area contributed by atoms with Crippen molar-refractivity contribution >= 4 is 0 Å². The summed E-state index contributed by atoms with van der Waals surface area (Å²) in [6.07, 6.45) is 1.89. The largest absolute Gasteiger partial charge is 0.393 e. The maximum atomic E-state index is 9.62. The van der Waals surface area contributed by atoms with Gasteiger partial charge in [0.25, 0.3) is 0 Å². The van der Waals surface area contributed by atoms with E-state index in [4.69, 9.17) is 4.52 Å². The van der Waals surface area contributed by atoms with Crippen LogP contribution in [-0.4, -0.2) is 64.9 Å². The molecule has 0 amide bonds. The minimum absolute atomic E-state index is 0.170. The average Bonchev–Trinajstić information content (AvgIpc) is 2.76. The van der Waals surface area contributed by atoms with Gasteiger partial charge in [-0.1, -0.05) is 12.1 Å². The van der Waals surface area contributed by atoms with Gasteiger partial charge in [0.15, 0.2) is 5.82 Å². The Morgan fingerprint density at radius 2 is 2.21 bits per heavy atom. The van der Waals surface area contributed by atoms with Gasteiger partial charge in [-0.25, -0.2) is 0 Å². The van der Waals surface area contributed by atoms with Crippen molar-refractivity contribution < 1.29 is 9.63 Å². The van der Waals surface area contributed by atoms with Gasteiger partial charge < -0.3 is 14.5 Å². The Kier molecular flexibility index (Phi) is 4.90. The molecule has 1 aliphatic rings. The van der Waals surface area contributed by atoms with Crippen molar-refractivity contribution in [1.29, 1.82) is 0 Å². The number of hydrogen-bond acceptors (Lipinski definition) is 6. The van der Waals surface area contributed by atoms with Gasteiger partial charge in [0.2, 0.25) is 5.89 Å². The zero-order valence-electron chi connectivity index (χ0n) is 12.0. The minimum atomic E-state index is -0.400. The van der Waals surface area contributed by atoms with Gasteiger partial charge in [-0.05, 0) is 40.0 Å². The van der Waals surface area contributed by atoms with Crippen molar-refractivity contribution in [3.8, 4) is 0 Å². The lowest BCUT2D eigenvalue weighted by Crippen LogP contribution is -2.31. The van der Waals surface area contributed by atoms with Gasteiger partial charge >= 0.3 is 0 Å². The molecule has 0 saturated carbocycles. The first-order chi connectivity index (χ1) is 9.10. The summed E-state index contributed by atoms with van der Waals surface area (Å²) in [7, 11) is 4.22. The van der Waals surface area contributed by atoms with E-state index in [1.54, 1.807) is 0 Å². The Bertz CT molecular complexity index is 396. The highest BCUT2D eigenvalue weighted by atomic mass is 16.5. The molecule has 0 radical (unpaired) electrons. The van der Waals surface area contributed by atoms with E-state index in [-0.39, 0.29) is 6.04 Å². The van der Waals surface area contributed by atoms with Crippen LogP contribution < -0.4 is 0 Å². The molecule has 1 aromatic rings. The summed E-state index contributed by atoms with van der Waals surface area (Å²) in [5.41, 5.74) is 0. The fourth-order valence-corrected chi connectivity index (χ4v) is 2.38. The van der Waals surface area contributed by atoms with E-state index >= 15 is 0 Å². The summed E-state index contributed by atoms with van der Waals surface area (Å²) in [5, 5.41) is 13.7. The van der Waals surface area contributed by atoms with Crippen molar-refractivity contribution in [3.63, 3.8) is 0 Å². The van der Waals surface area contributed by atoms with Gasteiger partial charge in [-0.2, -0.15) is 4.98 Å². The molecular weight excluding hydrogens is 244 g/mol. The normalized spacial score (nSPS) is 24.3. The Morgan fingerprint density at radius 1 is 1.42 bits per heavy atom. The summed E-state index contributed by atoms with van der Waals surface area (Å²) < 4.78 is 5.25. The van der Waals surface area contributed by atoms with Gasteiger partial charge in [0.05, 0.1) is 18.6 Å². The Hall–Kier alpha value is -0.980. The van der Waals surface area contributed by atoms with Gasteiger partial charge in [-0.15, -0.1) is 0 Å². The zero-order valence-corrected chi connectivity index (χ0v) is 12.0. The van der Waals surface area contributed by atoms with Crippen molar-refractivity contribution in [2.45, 2.75) is 38.3 Å². The van der Waals surface area contributed by atoms with E-state index in [0.717, 1.165) is 31.9 Å². The molecule has 1 fully saturated rings. The monoisotopic (exact) mass is 268 g/mol. The van der Waals surface area contributed by atoms with Crippen LogP contribution in [0.4, 0.5) is 0 Å². The van der Waals surface area contributed by atoms with Crippen molar-refractivity contribution in [1.82, 2.24) is 19.9 Å². The van der Waals surface area contributed by atoms with Gasteiger partial charge in [0, 0.05) is 6.54 Å². The third-order valence-corrected chi connectivity index (χ3v) is 3.73. The predicted molar refractivity (Wildman–Crippen MR) is 71.8 cm³/mol. The third-order valence-electron chi connectivity index (χ3n) is 3.73. The first-order valence-corrected chi connectivity index (χ1v) is 6.99. The molecule has 1 saturated heterocycles. The highest BCUT2D eigenvalue weighted by Crippen LogP contribution is 2.21. The molecule has 0 aliphatic carbocycles. The summed E-state index contributed by atoms with van der Waals surface area (Å²) >= 11 is 0. The highest BCUT2D eigenvalue weighted by molar-refractivity contribution is 4.97. The molecule has 2 rings (SSSR count). The predicted octanol–water partition coefficient (Wildman–Crippen LogP) is 0.691. The van der Waals surface area contributed by atoms with Crippen LogP contribution in [0.5, 0.6) is 0 Å². The minimum Gasteiger partial charge on any atom is -0.393 e. The first kappa shape index (κ1) is 14.4. The lowest BCUT2D eigenvalue weighted by Gasteiger charge is -2.24. The summed E-state index contributed by atoms with van der Waals surface area (Å²) in [6.45, 7) is 4.98. The number of aromatic nitrogens is 2.